The Hall–Kier alpha value is -0.0800. The first-order valence-electron chi connectivity index (χ1n) is 8.29. The highest BCUT2D eigenvalue weighted by Gasteiger charge is 2.31. The van der Waals surface area contributed by atoms with Gasteiger partial charge in [-0.3, -0.25) is 4.90 Å². The zero-order valence-electron chi connectivity index (χ0n) is 12.7. The molecule has 0 aromatic carbocycles. The van der Waals surface area contributed by atoms with Crippen LogP contribution < -0.4 is 5.73 Å². The van der Waals surface area contributed by atoms with Gasteiger partial charge < -0.3 is 5.73 Å². The topological polar surface area (TPSA) is 29.3 Å². The van der Waals surface area contributed by atoms with Crippen molar-refractivity contribution < 1.29 is 0 Å². The van der Waals surface area contributed by atoms with Crippen molar-refractivity contribution in [3.05, 3.63) is 0 Å². The molecule has 1 saturated carbocycles. The van der Waals surface area contributed by atoms with Crippen LogP contribution in [0.25, 0.3) is 0 Å². The Kier molecular flexibility index (Phi) is 8.70. The summed E-state index contributed by atoms with van der Waals surface area (Å²) in [7, 11) is 0. The predicted octanol–water partition coefficient (Wildman–Crippen LogP) is 3.94. The largest absolute Gasteiger partial charge is 0.329 e. The average Bonchev–Trinajstić information content (AvgIpc) is 3.21. The first kappa shape index (κ1) is 16.0. The molecule has 1 fully saturated rings. The molecule has 2 N–H and O–H groups in total. The lowest BCUT2D eigenvalue weighted by atomic mass is 10.0. The lowest BCUT2D eigenvalue weighted by molar-refractivity contribution is 0.187. The van der Waals surface area contributed by atoms with E-state index in [1.807, 2.05) is 0 Å². The zero-order valence-corrected chi connectivity index (χ0v) is 12.7. The van der Waals surface area contributed by atoms with Gasteiger partial charge in [-0.25, -0.2) is 0 Å². The normalized spacial score (nSPS) is 17.3. The second kappa shape index (κ2) is 9.80. The maximum absolute atomic E-state index is 5.95. The van der Waals surface area contributed by atoms with Crippen LogP contribution in [-0.2, 0) is 0 Å². The van der Waals surface area contributed by atoms with Crippen molar-refractivity contribution in [3.63, 3.8) is 0 Å². The van der Waals surface area contributed by atoms with Gasteiger partial charge in [0.2, 0.25) is 0 Å². The highest BCUT2D eigenvalue weighted by atomic mass is 15.2. The average molecular weight is 254 g/mol. The van der Waals surface area contributed by atoms with Gasteiger partial charge in [0.05, 0.1) is 0 Å². The minimum absolute atomic E-state index is 0.651. The van der Waals surface area contributed by atoms with Crippen LogP contribution in [0, 0.1) is 0 Å². The summed E-state index contributed by atoms with van der Waals surface area (Å²) in [4.78, 5) is 2.65. The predicted molar refractivity (Wildman–Crippen MR) is 80.9 cm³/mol. The molecule has 2 nitrogen and oxygen atoms in total. The second-order valence-electron chi connectivity index (χ2n) is 5.86. The quantitative estimate of drug-likeness (QED) is 0.535. The van der Waals surface area contributed by atoms with Crippen LogP contribution in [0.15, 0.2) is 0 Å². The molecule has 0 amide bonds. The Morgan fingerprint density at radius 3 is 2.11 bits per heavy atom. The van der Waals surface area contributed by atoms with Crippen molar-refractivity contribution >= 4 is 0 Å². The van der Waals surface area contributed by atoms with Crippen molar-refractivity contribution in [2.45, 2.75) is 90.1 Å². The number of unbranched alkanes of at least 4 members (excludes halogenated alkanes) is 6. The van der Waals surface area contributed by atoms with E-state index in [0.29, 0.717) is 6.04 Å². The molecule has 1 unspecified atom stereocenters. The lowest BCUT2D eigenvalue weighted by Crippen LogP contribution is -2.41. The number of hydrogen-bond acceptors (Lipinski definition) is 2. The summed E-state index contributed by atoms with van der Waals surface area (Å²) in [5.74, 6) is 0. The van der Waals surface area contributed by atoms with Crippen molar-refractivity contribution in [1.82, 2.24) is 4.90 Å². The van der Waals surface area contributed by atoms with Gasteiger partial charge >= 0.3 is 0 Å². The maximum Gasteiger partial charge on any atom is 0.0221 e. The highest BCUT2D eigenvalue weighted by Crippen LogP contribution is 2.29. The van der Waals surface area contributed by atoms with Gasteiger partial charge in [-0.05, 0) is 25.8 Å². The van der Waals surface area contributed by atoms with Crippen molar-refractivity contribution in [2.75, 3.05) is 13.1 Å². The minimum atomic E-state index is 0.651. The number of hydrogen-bond donors (Lipinski definition) is 1. The van der Waals surface area contributed by atoms with E-state index in [2.05, 4.69) is 18.7 Å². The van der Waals surface area contributed by atoms with Gasteiger partial charge in [0, 0.05) is 18.6 Å². The van der Waals surface area contributed by atoms with Crippen molar-refractivity contribution in [1.29, 1.82) is 0 Å². The summed E-state index contributed by atoms with van der Waals surface area (Å²) < 4.78 is 0. The first-order chi connectivity index (χ1) is 8.83. The molecule has 0 saturated heterocycles. The van der Waals surface area contributed by atoms with Crippen LogP contribution >= 0.6 is 0 Å². The summed E-state index contributed by atoms with van der Waals surface area (Å²) in [6.07, 6.45) is 13.9. The molecule has 18 heavy (non-hydrogen) atoms. The van der Waals surface area contributed by atoms with Crippen molar-refractivity contribution in [2.24, 2.45) is 5.73 Å². The summed E-state index contributed by atoms with van der Waals surface area (Å²) in [6.45, 7) is 6.60. The third kappa shape index (κ3) is 6.19. The van der Waals surface area contributed by atoms with E-state index >= 15 is 0 Å². The molecule has 0 heterocycles. The summed E-state index contributed by atoms with van der Waals surface area (Å²) in [5, 5.41) is 0. The molecule has 0 aromatic heterocycles. The minimum Gasteiger partial charge on any atom is -0.329 e. The molecular formula is C16H34N2. The lowest BCUT2D eigenvalue weighted by Gasteiger charge is -2.29. The van der Waals surface area contributed by atoms with E-state index in [4.69, 9.17) is 5.73 Å². The maximum atomic E-state index is 5.95. The van der Waals surface area contributed by atoms with Crippen LogP contribution in [-0.4, -0.2) is 30.1 Å². The molecule has 0 radical (unpaired) electrons. The SMILES string of the molecule is CCCCCCCCCC(CN)N(CC)C1CC1. The number of nitrogens with zero attached hydrogens (tertiary/aromatic N) is 1. The molecule has 1 atom stereocenters. The Balaban J connectivity index is 2.04. The van der Waals surface area contributed by atoms with Crippen LogP contribution in [0.4, 0.5) is 0 Å². The Morgan fingerprint density at radius 1 is 1.00 bits per heavy atom. The van der Waals surface area contributed by atoms with E-state index in [0.717, 1.165) is 12.6 Å². The monoisotopic (exact) mass is 254 g/mol. The Labute approximate surface area is 114 Å². The van der Waals surface area contributed by atoms with Gasteiger partial charge in [-0.15, -0.1) is 0 Å². The van der Waals surface area contributed by atoms with Crippen molar-refractivity contribution in [3.8, 4) is 0 Å². The number of rotatable bonds is 12. The molecule has 0 aliphatic heterocycles. The molecule has 2 heteroatoms. The molecule has 0 aromatic rings. The van der Waals surface area contributed by atoms with Gasteiger partial charge in [0.15, 0.2) is 0 Å². The molecule has 0 spiro atoms. The van der Waals surface area contributed by atoms with Crippen LogP contribution in [0.5, 0.6) is 0 Å². The summed E-state index contributed by atoms with van der Waals surface area (Å²) in [5.41, 5.74) is 5.95. The van der Waals surface area contributed by atoms with E-state index in [-0.39, 0.29) is 0 Å². The fourth-order valence-electron chi connectivity index (χ4n) is 2.98. The van der Waals surface area contributed by atoms with Crippen LogP contribution in [0.1, 0.15) is 78.1 Å². The molecule has 1 aliphatic rings. The highest BCUT2D eigenvalue weighted by molar-refractivity contribution is 4.88. The van der Waals surface area contributed by atoms with E-state index in [9.17, 15) is 0 Å². The third-order valence-electron chi connectivity index (χ3n) is 4.26. The van der Waals surface area contributed by atoms with E-state index < -0.39 is 0 Å². The standard InChI is InChI=1S/C16H34N2/c1-3-5-6-7-8-9-10-11-16(14-17)18(4-2)15-12-13-15/h15-16H,3-14,17H2,1-2H3. The molecule has 0 bridgehead atoms. The number of likely N-dealkylation sites (N-methyl/N-ethyl adjacent to an activating group) is 1. The van der Waals surface area contributed by atoms with Gasteiger partial charge in [0.25, 0.3) is 0 Å². The molecular weight excluding hydrogens is 220 g/mol. The fourth-order valence-corrected chi connectivity index (χ4v) is 2.98. The van der Waals surface area contributed by atoms with E-state index in [1.165, 1.54) is 70.8 Å². The molecule has 1 aliphatic carbocycles. The van der Waals surface area contributed by atoms with E-state index in [1.54, 1.807) is 0 Å². The van der Waals surface area contributed by atoms with Gasteiger partial charge in [-0.2, -0.15) is 0 Å². The first-order valence-corrected chi connectivity index (χ1v) is 8.29. The van der Waals surface area contributed by atoms with Gasteiger partial charge in [-0.1, -0.05) is 58.8 Å². The van der Waals surface area contributed by atoms with Crippen LogP contribution in [0.3, 0.4) is 0 Å². The summed E-state index contributed by atoms with van der Waals surface area (Å²) in [6, 6.07) is 1.52. The van der Waals surface area contributed by atoms with Crippen LogP contribution in [0.2, 0.25) is 0 Å². The zero-order chi connectivity index (χ0) is 13.2. The smallest absolute Gasteiger partial charge is 0.0221 e. The summed E-state index contributed by atoms with van der Waals surface area (Å²) >= 11 is 0. The third-order valence-corrected chi connectivity index (χ3v) is 4.26. The second-order valence-corrected chi connectivity index (χ2v) is 5.86. The molecule has 1 rings (SSSR count). The number of nitrogens with two attached hydrogens (primary N) is 1. The van der Waals surface area contributed by atoms with Gasteiger partial charge in [0.1, 0.15) is 0 Å². The Morgan fingerprint density at radius 2 is 1.61 bits per heavy atom. The Bertz CT molecular complexity index is 190. The molecule has 108 valence electrons. The fraction of sp³-hybridized carbons (Fsp3) is 1.00.